The summed E-state index contributed by atoms with van der Waals surface area (Å²) >= 11 is 0. The highest BCUT2D eigenvalue weighted by Gasteiger charge is 2.07. The Morgan fingerprint density at radius 1 is 0.957 bits per heavy atom. The first-order valence-electron chi connectivity index (χ1n) is 8.04. The highest BCUT2D eigenvalue weighted by atomic mass is 16.5. The molecule has 0 aliphatic heterocycles. The van der Waals surface area contributed by atoms with Gasteiger partial charge in [-0.25, -0.2) is 0 Å². The van der Waals surface area contributed by atoms with Crippen molar-refractivity contribution in [2.45, 2.75) is 20.3 Å². The molecule has 0 saturated heterocycles. The molecule has 2 nitrogen and oxygen atoms in total. The van der Waals surface area contributed by atoms with Crippen molar-refractivity contribution in [3.05, 3.63) is 71.8 Å². The molecular weight excluding hydrogens is 282 g/mol. The highest BCUT2D eigenvalue weighted by molar-refractivity contribution is 6.03. The standard InChI is InChI=1S/C21H21NO/c1-3-14-23-21-13-12-17-9-5-6-10-18(17)19(21)15-22-20-11-7-4-8-16(20)2/h4-13,15H,3,14H2,1-2H3. The van der Waals surface area contributed by atoms with Crippen molar-refractivity contribution < 1.29 is 4.74 Å². The van der Waals surface area contributed by atoms with Gasteiger partial charge in [0.05, 0.1) is 12.3 Å². The molecule has 0 amide bonds. The van der Waals surface area contributed by atoms with Gasteiger partial charge in [0.15, 0.2) is 0 Å². The van der Waals surface area contributed by atoms with Gasteiger partial charge in [0.1, 0.15) is 5.75 Å². The lowest BCUT2D eigenvalue weighted by Gasteiger charge is -2.11. The first-order valence-corrected chi connectivity index (χ1v) is 8.04. The third-order valence-corrected chi connectivity index (χ3v) is 3.84. The van der Waals surface area contributed by atoms with Gasteiger partial charge in [-0.1, -0.05) is 55.5 Å². The maximum atomic E-state index is 5.92. The van der Waals surface area contributed by atoms with Crippen LogP contribution in [0.5, 0.6) is 5.75 Å². The molecule has 0 aromatic heterocycles. The summed E-state index contributed by atoms with van der Waals surface area (Å²) in [7, 11) is 0. The maximum Gasteiger partial charge on any atom is 0.128 e. The lowest BCUT2D eigenvalue weighted by molar-refractivity contribution is 0.317. The molecule has 0 bridgehead atoms. The minimum atomic E-state index is 0.712. The largest absolute Gasteiger partial charge is 0.493 e. The second kappa shape index (κ2) is 7.10. The third-order valence-electron chi connectivity index (χ3n) is 3.84. The number of hydrogen-bond donors (Lipinski definition) is 0. The average Bonchev–Trinajstić information content (AvgIpc) is 2.59. The van der Waals surface area contributed by atoms with Gasteiger partial charge in [0, 0.05) is 11.8 Å². The predicted octanol–water partition coefficient (Wildman–Crippen LogP) is 5.69. The van der Waals surface area contributed by atoms with Crippen LogP contribution in [-0.4, -0.2) is 12.8 Å². The Balaban J connectivity index is 2.08. The Morgan fingerprint density at radius 3 is 2.57 bits per heavy atom. The monoisotopic (exact) mass is 303 g/mol. The Morgan fingerprint density at radius 2 is 1.74 bits per heavy atom. The van der Waals surface area contributed by atoms with E-state index in [1.54, 1.807) is 0 Å². The number of aliphatic imine (C=N–C) groups is 1. The topological polar surface area (TPSA) is 21.6 Å². The summed E-state index contributed by atoms with van der Waals surface area (Å²) in [5.41, 5.74) is 3.20. The summed E-state index contributed by atoms with van der Waals surface area (Å²) in [6, 6.07) is 20.6. The van der Waals surface area contributed by atoms with E-state index in [2.05, 4.69) is 55.2 Å². The molecule has 3 rings (SSSR count). The molecule has 0 heterocycles. The number of ether oxygens (including phenoxy) is 1. The zero-order valence-electron chi connectivity index (χ0n) is 13.6. The molecule has 3 aromatic carbocycles. The molecule has 2 heteroatoms. The van der Waals surface area contributed by atoms with Crippen LogP contribution in [0.3, 0.4) is 0 Å². The van der Waals surface area contributed by atoms with E-state index in [4.69, 9.17) is 4.74 Å². The molecule has 0 spiro atoms. The second-order valence-electron chi connectivity index (χ2n) is 5.59. The van der Waals surface area contributed by atoms with Crippen LogP contribution in [0.1, 0.15) is 24.5 Å². The molecule has 0 unspecified atom stereocenters. The summed E-state index contributed by atoms with van der Waals surface area (Å²) in [6.45, 7) is 4.90. The van der Waals surface area contributed by atoms with E-state index in [-0.39, 0.29) is 0 Å². The molecule has 23 heavy (non-hydrogen) atoms. The number of benzene rings is 3. The van der Waals surface area contributed by atoms with Gasteiger partial charge in [0.25, 0.3) is 0 Å². The van der Waals surface area contributed by atoms with E-state index in [9.17, 15) is 0 Å². The van der Waals surface area contributed by atoms with Crippen molar-refractivity contribution in [3.8, 4) is 5.75 Å². The van der Waals surface area contributed by atoms with Gasteiger partial charge in [-0.05, 0) is 41.8 Å². The van der Waals surface area contributed by atoms with Crippen LogP contribution in [0.2, 0.25) is 0 Å². The second-order valence-corrected chi connectivity index (χ2v) is 5.59. The third kappa shape index (κ3) is 3.42. The lowest BCUT2D eigenvalue weighted by Crippen LogP contribution is -1.99. The van der Waals surface area contributed by atoms with Crippen molar-refractivity contribution in [3.63, 3.8) is 0 Å². The Kier molecular flexibility index (Phi) is 4.72. The van der Waals surface area contributed by atoms with Crippen LogP contribution in [0.4, 0.5) is 5.69 Å². The number of rotatable bonds is 5. The Labute approximate surface area is 137 Å². The molecule has 0 aliphatic carbocycles. The summed E-state index contributed by atoms with van der Waals surface area (Å²) < 4.78 is 5.92. The summed E-state index contributed by atoms with van der Waals surface area (Å²) in [5, 5.41) is 2.36. The minimum absolute atomic E-state index is 0.712. The van der Waals surface area contributed by atoms with Crippen LogP contribution in [0, 0.1) is 6.92 Å². The first kappa shape index (κ1) is 15.3. The smallest absolute Gasteiger partial charge is 0.128 e. The van der Waals surface area contributed by atoms with E-state index in [0.717, 1.165) is 23.4 Å². The molecule has 0 atom stereocenters. The number of nitrogens with zero attached hydrogens (tertiary/aromatic N) is 1. The molecule has 0 N–H and O–H groups in total. The Hall–Kier alpha value is -2.61. The zero-order valence-corrected chi connectivity index (χ0v) is 13.6. The quantitative estimate of drug-likeness (QED) is 0.555. The number of para-hydroxylation sites is 1. The maximum absolute atomic E-state index is 5.92. The van der Waals surface area contributed by atoms with Gasteiger partial charge in [0.2, 0.25) is 0 Å². The fourth-order valence-corrected chi connectivity index (χ4v) is 2.59. The van der Waals surface area contributed by atoms with Crippen molar-refractivity contribution in [1.29, 1.82) is 0 Å². The van der Waals surface area contributed by atoms with Gasteiger partial charge < -0.3 is 4.74 Å². The predicted molar refractivity (Wildman–Crippen MR) is 98.2 cm³/mol. The summed E-state index contributed by atoms with van der Waals surface area (Å²) in [6.07, 6.45) is 2.91. The summed E-state index contributed by atoms with van der Waals surface area (Å²) in [4.78, 5) is 4.69. The van der Waals surface area contributed by atoms with Crippen LogP contribution in [0.25, 0.3) is 10.8 Å². The minimum Gasteiger partial charge on any atom is -0.493 e. The average molecular weight is 303 g/mol. The first-order chi connectivity index (χ1) is 11.3. The Bertz CT molecular complexity index is 836. The van der Waals surface area contributed by atoms with Crippen molar-refractivity contribution >= 4 is 22.7 Å². The van der Waals surface area contributed by atoms with Crippen LogP contribution >= 0.6 is 0 Å². The van der Waals surface area contributed by atoms with E-state index < -0.39 is 0 Å². The SMILES string of the molecule is CCCOc1ccc2ccccc2c1C=Nc1ccccc1C. The van der Waals surface area contributed by atoms with E-state index in [1.165, 1.54) is 16.3 Å². The molecule has 0 saturated carbocycles. The van der Waals surface area contributed by atoms with Crippen molar-refractivity contribution in [2.24, 2.45) is 4.99 Å². The fourth-order valence-electron chi connectivity index (χ4n) is 2.59. The molecule has 0 aliphatic rings. The van der Waals surface area contributed by atoms with Crippen LogP contribution < -0.4 is 4.74 Å². The van der Waals surface area contributed by atoms with Crippen molar-refractivity contribution in [2.75, 3.05) is 6.61 Å². The van der Waals surface area contributed by atoms with Gasteiger partial charge >= 0.3 is 0 Å². The number of aryl methyl sites for hydroxylation is 1. The number of hydrogen-bond acceptors (Lipinski definition) is 2. The lowest BCUT2D eigenvalue weighted by atomic mass is 10.0. The van der Waals surface area contributed by atoms with Crippen LogP contribution in [0.15, 0.2) is 65.7 Å². The normalized spacial score (nSPS) is 11.2. The van der Waals surface area contributed by atoms with E-state index >= 15 is 0 Å². The van der Waals surface area contributed by atoms with Crippen molar-refractivity contribution in [1.82, 2.24) is 0 Å². The molecule has 3 aromatic rings. The van der Waals surface area contributed by atoms with Gasteiger partial charge in [-0.2, -0.15) is 0 Å². The van der Waals surface area contributed by atoms with Crippen LogP contribution in [-0.2, 0) is 0 Å². The van der Waals surface area contributed by atoms with Gasteiger partial charge in [-0.15, -0.1) is 0 Å². The zero-order chi connectivity index (χ0) is 16.1. The molecule has 0 radical (unpaired) electrons. The highest BCUT2D eigenvalue weighted by Crippen LogP contribution is 2.28. The fraction of sp³-hybridized carbons (Fsp3) is 0.190. The molecular formula is C21H21NO. The van der Waals surface area contributed by atoms with E-state index in [1.807, 2.05) is 30.5 Å². The molecule has 0 fully saturated rings. The number of fused-ring (bicyclic) bond motifs is 1. The molecule has 116 valence electrons. The van der Waals surface area contributed by atoms with E-state index in [0.29, 0.717) is 6.61 Å². The van der Waals surface area contributed by atoms with Gasteiger partial charge in [-0.3, -0.25) is 4.99 Å². The summed E-state index contributed by atoms with van der Waals surface area (Å²) in [5.74, 6) is 0.892.